The van der Waals surface area contributed by atoms with Crippen LogP contribution in [0.2, 0.25) is 0 Å². The minimum atomic E-state index is -0.0824. The normalized spacial score (nSPS) is 16.1. The van der Waals surface area contributed by atoms with Gasteiger partial charge in [0.1, 0.15) is 0 Å². The lowest BCUT2D eigenvalue weighted by molar-refractivity contribution is 0.165. The second-order valence-corrected chi connectivity index (χ2v) is 6.85. The molecule has 1 atom stereocenters. The topological polar surface area (TPSA) is 77.1 Å². The van der Waals surface area contributed by atoms with E-state index in [9.17, 15) is 4.79 Å². The molecule has 0 spiro atoms. The highest BCUT2D eigenvalue weighted by Gasteiger charge is 2.27. The summed E-state index contributed by atoms with van der Waals surface area (Å²) >= 11 is 1.58. The molecule has 4 heterocycles. The Balaban J connectivity index is 1.56. The van der Waals surface area contributed by atoms with Gasteiger partial charge in [-0.25, -0.2) is 4.68 Å². The fraction of sp³-hybridized carbons (Fsp3) is 0.375. The van der Waals surface area contributed by atoms with Crippen LogP contribution < -0.4 is 5.56 Å². The van der Waals surface area contributed by atoms with E-state index < -0.39 is 0 Å². The van der Waals surface area contributed by atoms with Gasteiger partial charge in [0.2, 0.25) is 5.89 Å². The second-order valence-electron chi connectivity index (χ2n) is 5.90. The summed E-state index contributed by atoms with van der Waals surface area (Å²) in [5.74, 6) is 1.15. The molecule has 0 unspecified atom stereocenters. The third kappa shape index (κ3) is 2.67. The maximum atomic E-state index is 11.8. The van der Waals surface area contributed by atoms with Crippen LogP contribution in [-0.4, -0.2) is 31.4 Å². The predicted molar refractivity (Wildman–Crippen MR) is 89.6 cm³/mol. The van der Waals surface area contributed by atoms with Crippen molar-refractivity contribution in [3.63, 3.8) is 0 Å². The van der Waals surface area contributed by atoms with Crippen molar-refractivity contribution in [2.75, 3.05) is 6.54 Å². The van der Waals surface area contributed by atoms with Crippen molar-refractivity contribution in [1.29, 1.82) is 0 Å². The van der Waals surface area contributed by atoms with Crippen LogP contribution >= 0.6 is 11.3 Å². The maximum Gasteiger partial charge on any atom is 0.266 e. The van der Waals surface area contributed by atoms with Crippen LogP contribution in [0.25, 0.3) is 10.8 Å². The smallest absolute Gasteiger partial charge is 0.266 e. The minimum absolute atomic E-state index is 0.0107. The lowest BCUT2D eigenvalue weighted by atomic mass is 10.0. The van der Waals surface area contributed by atoms with Gasteiger partial charge < -0.3 is 4.42 Å². The van der Waals surface area contributed by atoms with Crippen LogP contribution in [0.15, 0.2) is 32.8 Å². The molecule has 24 heavy (non-hydrogen) atoms. The van der Waals surface area contributed by atoms with E-state index in [1.54, 1.807) is 24.5 Å². The molecule has 3 aromatic heterocycles. The van der Waals surface area contributed by atoms with Gasteiger partial charge in [0.25, 0.3) is 11.4 Å². The van der Waals surface area contributed by atoms with Crippen molar-refractivity contribution in [3.8, 4) is 10.8 Å². The number of fused-ring (bicyclic) bond motifs is 1. The van der Waals surface area contributed by atoms with Crippen molar-refractivity contribution in [2.45, 2.75) is 25.9 Å². The highest BCUT2D eigenvalue weighted by molar-refractivity contribution is 7.13. The summed E-state index contributed by atoms with van der Waals surface area (Å²) in [7, 11) is 1.68. The molecule has 0 aromatic carbocycles. The van der Waals surface area contributed by atoms with Crippen LogP contribution in [0.1, 0.15) is 30.1 Å². The van der Waals surface area contributed by atoms with Gasteiger partial charge in [0, 0.05) is 32.6 Å². The molecule has 0 bridgehead atoms. The Hall–Kier alpha value is -2.32. The first-order valence-corrected chi connectivity index (χ1v) is 8.67. The van der Waals surface area contributed by atoms with E-state index in [0.717, 1.165) is 29.1 Å². The monoisotopic (exact) mass is 343 g/mol. The summed E-state index contributed by atoms with van der Waals surface area (Å²) in [6, 6.07) is 5.59. The van der Waals surface area contributed by atoms with E-state index in [1.165, 1.54) is 4.68 Å². The number of aromatic nitrogens is 4. The van der Waals surface area contributed by atoms with E-state index in [1.807, 2.05) is 24.4 Å². The Labute approximate surface area is 142 Å². The molecule has 0 radical (unpaired) electrons. The number of thiophene rings is 1. The molecule has 3 aromatic rings. The number of nitrogens with zero attached hydrogens (tertiary/aromatic N) is 5. The van der Waals surface area contributed by atoms with Crippen molar-refractivity contribution in [1.82, 2.24) is 24.9 Å². The molecule has 1 aliphatic heterocycles. The summed E-state index contributed by atoms with van der Waals surface area (Å²) in [6.07, 6.45) is 0.805. The summed E-state index contributed by atoms with van der Waals surface area (Å²) in [4.78, 5) is 15.0. The van der Waals surface area contributed by atoms with Crippen LogP contribution in [0, 0.1) is 0 Å². The third-order valence-electron chi connectivity index (χ3n) is 4.34. The summed E-state index contributed by atoms with van der Waals surface area (Å²) in [5, 5.41) is 14.7. The molecule has 0 fully saturated rings. The van der Waals surface area contributed by atoms with Gasteiger partial charge in [-0.15, -0.1) is 21.5 Å². The van der Waals surface area contributed by atoms with E-state index in [4.69, 9.17) is 4.42 Å². The van der Waals surface area contributed by atoms with Gasteiger partial charge in [-0.3, -0.25) is 9.69 Å². The van der Waals surface area contributed by atoms with Crippen LogP contribution in [-0.2, 0) is 20.0 Å². The van der Waals surface area contributed by atoms with Crippen molar-refractivity contribution in [3.05, 3.63) is 51.1 Å². The molecule has 0 saturated heterocycles. The molecule has 4 rings (SSSR count). The van der Waals surface area contributed by atoms with Gasteiger partial charge in [0.05, 0.1) is 16.6 Å². The first-order valence-electron chi connectivity index (χ1n) is 7.79. The predicted octanol–water partition coefficient (Wildman–Crippen LogP) is 2.01. The average molecular weight is 343 g/mol. The van der Waals surface area contributed by atoms with E-state index in [-0.39, 0.29) is 11.6 Å². The fourth-order valence-corrected chi connectivity index (χ4v) is 3.55. The molecule has 1 aliphatic rings. The quantitative estimate of drug-likeness (QED) is 0.724. The summed E-state index contributed by atoms with van der Waals surface area (Å²) in [6.45, 7) is 3.55. The highest BCUT2D eigenvalue weighted by Crippen LogP contribution is 2.29. The zero-order valence-electron chi connectivity index (χ0n) is 13.5. The number of hydrogen-bond acceptors (Lipinski definition) is 7. The molecular formula is C16H17N5O2S. The Morgan fingerprint density at radius 3 is 3.04 bits per heavy atom. The molecular weight excluding hydrogens is 326 g/mol. The number of aryl methyl sites for hydroxylation is 1. The summed E-state index contributed by atoms with van der Waals surface area (Å²) in [5.41, 5.74) is 1.89. The molecule has 0 amide bonds. The van der Waals surface area contributed by atoms with Gasteiger partial charge in [-0.1, -0.05) is 6.07 Å². The standard InChI is InChI=1S/C16H17N5O2S/c1-10(15-17-18-16(23-15)13-4-3-7-24-13)21-6-5-12-11(9-21)8-14(22)20(2)19-12/h3-4,7-8,10H,5-6,9H2,1-2H3/t10-/m0/s1. The molecule has 8 heteroatoms. The Bertz CT molecular complexity index is 915. The second kappa shape index (κ2) is 5.95. The zero-order valence-corrected chi connectivity index (χ0v) is 14.3. The first kappa shape index (κ1) is 15.2. The number of hydrogen-bond donors (Lipinski definition) is 0. The SMILES string of the molecule is C[C@@H](c1nnc(-c2cccs2)o1)N1CCc2nn(C)c(=O)cc2C1. The molecule has 7 nitrogen and oxygen atoms in total. The third-order valence-corrected chi connectivity index (χ3v) is 5.20. The molecule has 124 valence electrons. The molecule has 0 aliphatic carbocycles. The van der Waals surface area contributed by atoms with Crippen LogP contribution in [0.4, 0.5) is 0 Å². The van der Waals surface area contributed by atoms with Gasteiger partial charge in [0.15, 0.2) is 0 Å². The van der Waals surface area contributed by atoms with Crippen LogP contribution in [0.5, 0.6) is 0 Å². The lowest BCUT2D eigenvalue weighted by Crippen LogP contribution is -2.36. The number of rotatable bonds is 3. The Kier molecular flexibility index (Phi) is 3.78. The molecule has 0 N–H and O–H groups in total. The Morgan fingerprint density at radius 1 is 1.38 bits per heavy atom. The van der Waals surface area contributed by atoms with Crippen molar-refractivity contribution < 1.29 is 4.42 Å². The zero-order chi connectivity index (χ0) is 16.7. The molecule has 0 saturated carbocycles. The lowest BCUT2D eigenvalue weighted by Gasteiger charge is -2.31. The average Bonchev–Trinajstić information content (AvgIpc) is 3.26. The summed E-state index contributed by atoms with van der Waals surface area (Å²) < 4.78 is 7.23. The maximum absolute atomic E-state index is 11.8. The van der Waals surface area contributed by atoms with E-state index in [0.29, 0.717) is 18.3 Å². The van der Waals surface area contributed by atoms with E-state index in [2.05, 4.69) is 20.2 Å². The fourth-order valence-electron chi connectivity index (χ4n) is 2.91. The highest BCUT2D eigenvalue weighted by atomic mass is 32.1. The van der Waals surface area contributed by atoms with Gasteiger partial charge in [-0.05, 0) is 23.9 Å². The van der Waals surface area contributed by atoms with Crippen molar-refractivity contribution >= 4 is 11.3 Å². The first-order chi connectivity index (χ1) is 11.6. The van der Waals surface area contributed by atoms with E-state index >= 15 is 0 Å². The van der Waals surface area contributed by atoms with Crippen molar-refractivity contribution in [2.24, 2.45) is 7.05 Å². The Morgan fingerprint density at radius 2 is 2.25 bits per heavy atom. The van der Waals surface area contributed by atoms with Gasteiger partial charge >= 0.3 is 0 Å². The van der Waals surface area contributed by atoms with Crippen LogP contribution in [0.3, 0.4) is 0 Å². The largest absolute Gasteiger partial charge is 0.418 e. The minimum Gasteiger partial charge on any atom is -0.418 e. The van der Waals surface area contributed by atoms with Gasteiger partial charge in [-0.2, -0.15) is 5.10 Å².